The molecule has 2 atom stereocenters. The van der Waals surface area contributed by atoms with Crippen LogP contribution in [-0.2, 0) is 9.59 Å². The van der Waals surface area contributed by atoms with Gasteiger partial charge >= 0.3 is 5.97 Å². The van der Waals surface area contributed by atoms with Gasteiger partial charge in [-0.2, -0.15) is 0 Å². The SMILES string of the molecule is CCC(C(=O)N[C@@H](C)C(=O)O)N(CC)CC. The lowest BCUT2D eigenvalue weighted by atomic mass is 10.1. The van der Waals surface area contributed by atoms with Crippen LogP contribution in [0.5, 0.6) is 0 Å². The minimum atomic E-state index is -1.01. The molecule has 5 heteroatoms. The Balaban J connectivity index is 4.47. The Labute approximate surface area is 96.8 Å². The molecule has 1 amide bonds. The number of nitrogens with one attached hydrogen (secondary N) is 1. The van der Waals surface area contributed by atoms with E-state index in [2.05, 4.69) is 5.32 Å². The summed E-state index contributed by atoms with van der Waals surface area (Å²) in [5.74, 6) is -1.22. The van der Waals surface area contributed by atoms with Crippen molar-refractivity contribution in [1.82, 2.24) is 10.2 Å². The van der Waals surface area contributed by atoms with Crippen LogP contribution in [0.3, 0.4) is 0 Å². The Morgan fingerprint density at radius 3 is 2.06 bits per heavy atom. The molecule has 5 nitrogen and oxygen atoms in total. The van der Waals surface area contributed by atoms with E-state index in [1.165, 1.54) is 6.92 Å². The maximum atomic E-state index is 11.8. The van der Waals surface area contributed by atoms with Crippen LogP contribution in [0.25, 0.3) is 0 Å². The van der Waals surface area contributed by atoms with Crippen molar-refractivity contribution in [2.45, 2.75) is 46.2 Å². The number of rotatable bonds is 7. The van der Waals surface area contributed by atoms with Crippen LogP contribution in [0.4, 0.5) is 0 Å². The van der Waals surface area contributed by atoms with Gasteiger partial charge in [-0.15, -0.1) is 0 Å². The van der Waals surface area contributed by atoms with Crippen LogP contribution >= 0.6 is 0 Å². The average Bonchev–Trinajstić information content (AvgIpc) is 2.24. The lowest BCUT2D eigenvalue weighted by Crippen LogP contribution is -2.50. The molecular formula is C11H22N2O3. The lowest BCUT2D eigenvalue weighted by Gasteiger charge is -2.28. The van der Waals surface area contributed by atoms with Crippen molar-refractivity contribution < 1.29 is 14.7 Å². The number of carboxylic acids is 1. The number of carbonyl (C=O) groups excluding carboxylic acids is 1. The second-order valence-corrected chi connectivity index (χ2v) is 3.71. The average molecular weight is 230 g/mol. The molecule has 0 aliphatic carbocycles. The summed E-state index contributed by atoms with van der Waals surface area (Å²) in [6.07, 6.45) is 0.680. The highest BCUT2D eigenvalue weighted by Gasteiger charge is 2.24. The summed E-state index contributed by atoms with van der Waals surface area (Å²) in [7, 11) is 0. The molecule has 0 spiro atoms. The fourth-order valence-corrected chi connectivity index (χ4v) is 1.65. The molecule has 0 bridgehead atoms. The second-order valence-electron chi connectivity index (χ2n) is 3.71. The maximum absolute atomic E-state index is 11.8. The Hall–Kier alpha value is -1.10. The van der Waals surface area contributed by atoms with Crippen LogP contribution in [-0.4, -0.2) is 47.1 Å². The molecule has 0 fully saturated rings. The molecule has 0 rings (SSSR count). The zero-order valence-corrected chi connectivity index (χ0v) is 10.5. The van der Waals surface area contributed by atoms with Gasteiger partial charge in [0.15, 0.2) is 0 Å². The molecule has 1 unspecified atom stereocenters. The largest absolute Gasteiger partial charge is 0.480 e. The number of amides is 1. The smallest absolute Gasteiger partial charge is 0.325 e. The van der Waals surface area contributed by atoms with Gasteiger partial charge in [0.05, 0.1) is 6.04 Å². The monoisotopic (exact) mass is 230 g/mol. The summed E-state index contributed by atoms with van der Waals surface area (Å²) < 4.78 is 0. The summed E-state index contributed by atoms with van der Waals surface area (Å²) in [6, 6.07) is -1.08. The molecule has 94 valence electrons. The molecule has 0 saturated carbocycles. The standard InChI is InChI=1S/C11H22N2O3/c1-5-9(13(6-2)7-3)10(14)12-8(4)11(15)16/h8-9H,5-7H2,1-4H3,(H,12,14)(H,15,16)/t8-,9?/m0/s1. The Morgan fingerprint density at radius 2 is 1.75 bits per heavy atom. The number of hydrogen-bond donors (Lipinski definition) is 2. The van der Waals surface area contributed by atoms with Crippen molar-refractivity contribution in [2.24, 2.45) is 0 Å². The molecule has 16 heavy (non-hydrogen) atoms. The number of carboxylic acid groups (broad SMARTS) is 1. The molecule has 2 N–H and O–H groups in total. The number of aliphatic carboxylic acids is 1. The highest BCUT2D eigenvalue weighted by Crippen LogP contribution is 2.04. The first-order chi connectivity index (χ1) is 7.47. The molecule has 0 heterocycles. The first-order valence-electron chi connectivity index (χ1n) is 5.75. The van der Waals surface area contributed by atoms with Crippen LogP contribution in [0.1, 0.15) is 34.1 Å². The van der Waals surface area contributed by atoms with Gasteiger partial charge in [-0.05, 0) is 26.4 Å². The van der Waals surface area contributed by atoms with Crippen molar-refractivity contribution in [3.05, 3.63) is 0 Å². The van der Waals surface area contributed by atoms with Crippen molar-refractivity contribution in [1.29, 1.82) is 0 Å². The third kappa shape index (κ3) is 4.18. The number of nitrogens with zero attached hydrogens (tertiary/aromatic N) is 1. The molecule has 0 aromatic heterocycles. The van der Waals surface area contributed by atoms with E-state index in [0.29, 0.717) is 6.42 Å². The van der Waals surface area contributed by atoms with Crippen LogP contribution in [0.2, 0.25) is 0 Å². The zero-order chi connectivity index (χ0) is 12.7. The fraction of sp³-hybridized carbons (Fsp3) is 0.818. The normalized spacial score (nSPS) is 14.6. The van der Waals surface area contributed by atoms with E-state index in [-0.39, 0.29) is 11.9 Å². The van der Waals surface area contributed by atoms with E-state index in [1.54, 1.807) is 0 Å². The van der Waals surface area contributed by atoms with E-state index in [1.807, 2.05) is 25.7 Å². The molecule has 0 saturated heterocycles. The highest BCUT2D eigenvalue weighted by atomic mass is 16.4. The molecule has 0 aromatic rings. The topological polar surface area (TPSA) is 69.6 Å². The van der Waals surface area contributed by atoms with Crippen molar-refractivity contribution in [2.75, 3.05) is 13.1 Å². The van der Waals surface area contributed by atoms with Crippen LogP contribution in [0, 0.1) is 0 Å². The van der Waals surface area contributed by atoms with Crippen LogP contribution < -0.4 is 5.32 Å². The second kappa shape index (κ2) is 7.22. The van der Waals surface area contributed by atoms with Crippen molar-refractivity contribution in [3.63, 3.8) is 0 Å². The van der Waals surface area contributed by atoms with Gasteiger partial charge in [0, 0.05) is 0 Å². The van der Waals surface area contributed by atoms with Gasteiger partial charge in [0.25, 0.3) is 0 Å². The van der Waals surface area contributed by atoms with E-state index < -0.39 is 12.0 Å². The summed E-state index contributed by atoms with van der Waals surface area (Å²) in [5.41, 5.74) is 0. The minimum Gasteiger partial charge on any atom is -0.480 e. The molecule has 0 aliphatic heterocycles. The van der Waals surface area contributed by atoms with Gasteiger partial charge in [-0.3, -0.25) is 14.5 Å². The van der Waals surface area contributed by atoms with E-state index in [4.69, 9.17) is 5.11 Å². The summed E-state index contributed by atoms with van der Waals surface area (Å²) in [6.45, 7) is 8.93. The predicted molar refractivity (Wildman–Crippen MR) is 62.2 cm³/mol. The third-order valence-electron chi connectivity index (χ3n) is 2.67. The van der Waals surface area contributed by atoms with Gasteiger partial charge in [-0.1, -0.05) is 20.8 Å². The zero-order valence-electron chi connectivity index (χ0n) is 10.5. The minimum absolute atomic E-state index is 0.207. The summed E-state index contributed by atoms with van der Waals surface area (Å²) in [5, 5.41) is 11.2. The first kappa shape index (κ1) is 14.9. The van der Waals surface area contributed by atoms with E-state index in [0.717, 1.165) is 13.1 Å². The van der Waals surface area contributed by atoms with Gasteiger partial charge in [0.2, 0.25) is 5.91 Å². The Morgan fingerprint density at radius 1 is 1.25 bits per heavy atom. The van der Waals surface area contributed by atoms with Gasteiger partial charge < -0.3 is 10.4 Å². The molecule has 0 radical (unpaired) electrons. The van der Waals surface area contributed by atoms with Gasteiger partial charge in [-0.25, -0.2) is 0 Å². The number of hydrogen-bond acceptors (Lipinski definition) is 3. The lowest BCUT2D eigenvalue weighted by molar-refractivity contribution is -0.142. The van der Waals surface area contributed by atoms with E-state index >= 15 is 0 Å². The Bertz CT molecular complexity index is 239. The van der Waals surface area contributed by atoms with E-state index in [9.17, 15) is 9.59 Å². The molecule has 0 aliphatic rings. The summed E-state index contributed by atoms with van der Waals surface area (Å²) >= 11 is 0. The highest BCUT2D eigenvalue weighted by molar-refractivity contribution is 5.86. The fourth-order valence-electron chi connectivity index (χ4n) is 1.65. The van der Waals surface area contributed by atoms with Gasteiger partial charge in [0.1, 0.15) is 6.04 Å². The predicted octanol–water partition coefficient (Wildman–Crippen LogP) is 0.696. The van der Waals surface area contributed by atoms with Crippen LogP contribution in [0.15, 0.2) is 0 Å². The summed E-state index contributed by atoms with van der Waals surface area (Å²) in [4.78, 5) is 24.5. The molecular weight excluding hydrogens is 208 g/mol. The number of carbonyl (C=O) groups is 2. The molecule has 0 aromatic carbocycles. The maximum Gasteiger partial charge on any atom is 0.325 e. The first-order valence-corrected chi connectivity index (χ1v) is 5.75. The quantitative estimate of drug-likeness (QED) is 0.675. The Kier molecular flexibility index (Phi) is 6.72. The van der Waals surface area contributed by atoms with Crippen molar-refractivity contribution >= 4 is 11.9 Å². The number of likely N-dealkylation sites (N-methyl/N-ethyl adjacent to an activating group) is 1. The van der Waals surface area contributed by atoms with Crippen molar-refractivity contribution in [3.8, 4) is 0 Å². The third-order valence-corrected chi connectivity index (χ3v) is 2.67.